The molecule has 1 fully saturated rings. The van der Waals surface area contributed by atoms with Gasteiger partial charge < -0.3 is 19.9 Å². The molecule has 2 atom stereocenters. The number of hydrogen-bond acceptors (Lipinski definition) is 3. The number of hydrogen-bond donors (Lipinski definition) is 2. The first-order valence-corrected chi connectivity index (χ1v) is 8.99. The van der Waals surface area contributed by atoms with Crippen molar-refractivity contribution >= 4 is 5.96 Å². The molecule has 148 valence electrons. The van der Waals surface area contributed by atoms with Gasteiger partial charge in [-0.1, -0.05) is 6.92 Å². The van der Waals surface area contributed by atoms with Crippen molar-refractivity contribution in [1.82, 2.24) is 19.8 Å². The first kappa shape index (κ1) is 20.5. The minimum absolute atomic E-state index is 0.157. The lowest BCUT2D eigenvalue weighted by Crippen LogP contribution is -2.47. The molecular formula is C17H28F3N5O. The molecule has 0 radical (unpaired) electrons. The number of nitrogens with zero attached hydrogens (tertiary/aromatic N) is 4. The summed E-state index contributed by atoms with van der Waals surface area (Å²) in [5.41, 5.74) is -3.03. The van der Waals surface area contributed by atoms with E-state index in [1.54, 1.807) is 0 Å². The van der Waals surface area contributed by atoms with E-state index < -0.39 is 24.0 Å². The molecule has 1 aliphatic heterocycles. The lowest BCUT2D eigenvalue weighted by atomic mass is 9.98. The van der Waals surface area contributed by atoms with Crippen LogP contribution in [0.25, 0.3) is 0 Å². The number of guanidine groups is 1. The summed E-state index contributed by atoms with van der Waals surface area (Å²) in [5.74, 6) is 0.701. The molecule has 1 aromatic heterocycles. The molecule has 0 aliphatic carbocycles. The van der Waals surface area contributed by atoms with Gasteiger partial charge in [0, 0.05) is 52.0 Å². The minimum atomic E-state index is -4.83. The van der Waals surface area contributed by atoms with Gasteiger partial charge in [0.1, 0.15) is 5.82 Å². The molecule has 0 spiro atoms. The van der Waals surface area contributed by atoms with Crippen LogP contribution in [-0.2, 0) is 12.6 Å². The highest BCUT2D eigenvalue weighted by Gasteiger charge is 2.57. The number of halogens is 3. The second kappa shape index (κ2) is 8.28. The normalized spacial score (nSPS) is 21.6. The number of likely N-dealkylation sites (tertiary alicyclic amines) is 1. The zero-order valence-electron chi connectivity index (χ0n) is 15.6. The van der Waals surface area contributed by atoms with Gasteiger partial charge in [0.25, 0.3) is 0 Å². The van der Waals surface area contributed by atoms with Crippen LogP contribution in [0.15, 0.2) is 17.4 Å². The number of aliphatic hydroxyl groups is 1. The Morgan fingerprint density at radius 2 is 2.19 bits per heavy atom. The van der Waals surface area contributed by atoms with Gasteiger partial charge >= 0.3 is 6.18 Å². The molecule has 0 bridgehead atoms. The van der Waals surface area contributed by atoms with Crippen LogP contribution >= 0.6 is 0 Å². The zero-order chi connectivity index (χ0) is 19.4. The fourth-order valence-corrected chi connectivity index (χ4v) is 3.28. The summed E-state index contributed by atoms with van der Waals surface area (Å²) in [6, 6.07) is 0. The maximum absolute atomic E-state index is 13.5. The predicted octanol–water partition coefficient (Wildman–Crippen LogP) is 2.26. The van der Waals surface area contributed by atoms with E-state index in [1.807, 2.05) is 6.92 Å². The van der Waals surface area contributed by atoms with Crippen molar-refractivity contribution < 1.29 is 18.3 Å². The van der Waals surface area contributed by atoms with E-state index in [4.69, 9.17) is 0 Å². The maximum atomic E-state index is 13.5. The fourth-order valence-electron chi connectivity index (χ4n) is 3.28. The Labute approximate surface area is 152 Å². The summed E-state index contributed by atoms with van der Waals surface area (Å²) < 4.78 is 41.8. The summed E-state index contributed by atoms with van der Waals surface area (Å²) in [7, 11) is 1.43. The highest BCUT2D eigenvalue weighted by atomic mass is 19.4. The Morgan fingerprint density at radius 1 is 1.46 bits per heavy atom. The highest BCUT2D eigenvalue weighted by Crippen LogP contribution is 2.40. The lowest BCUT2D eigenvalue weighted by molar-refractivity contribution is -0.272. The highest BCUT2D eigenvalue weighted by molar-refractivity contribution is 5.80. The van der Waals surface area contributed by atoms with Gasteiger partial charge in [-0.2, -0.15) is 13.2 Å². The number of alkyl halides is 3. The third-order valence-corrected chi connectivity index (χ3v) is 4.69. The SMILES string of the molecule is CCNC(=NCCC(O)(c1nccn1C)C(F)(F)F)N1CCCC(C)C1. The third-order valence-electron chi connectivity index (χ3n) is 4.69. The molecule has 6 nitrogen and oxygen atoms in total. The molecule has 2 heterocycles. The van der Waals surface area contributed by atoms with Crippen molar-refractivity contribution in [3.8, 4) is 0 Å². The number of nitrogens with one attached hydrogen (secondary N) is 1. The number of aryl methyl sites for hydroxylation is 1. The van der Waals surface area contributed by atoms with Crippen molar-refractivity contribution in [1.29, 1.82) is 0 Å². The molecule has 2 N–H and O–H groups in total. The molecule has 2 rings (SSSR count). The Hall–Kier alpha value is -1.77. The first-order chi connectivity index (χ1) is 12.2. The standard InChI is InChI=1S/C17H28F3N5O/c1-4-21-15(25-10-5-6-13(2)12-25)23-8-7-16(26,17(18,19)20)14-22-9-11-24(14)3/h9,11,13,26H,4-8,10,12H2,1-3H3,(H,21,23). The molecule has 2 unspecified atom stereocenters. The van der Waals surface area contributed by atoms with Crippen LogP contribution in [0.5, 0.6) is 0 Å². The van der Waals surface area contributed by atoms with Gasteiger partial charge in [-0.05, 0) is 25.7 Å². The molecule has 1 aromatic rings. The van der Waals surface area contributed by atoms with E-state index in [2.05, 4.69) is 27.1 Å². The Morgan fingerprint density at radius 3 is 2.73 bits per heavy atom. The van der Waals surface area contributed by atoms with E-state index >= 15 is 0 Å². The molecule has 0 aromatic carbocycles. The van der Waals surface area contributed by atoms with Gasteiger partial charge in [0.2, 0.25) is 5.60 Å². The van der Waals surface area contributed by atoms with E-state index in [-0.39, 0.29) is 6.54 Å². The second-order valence-corrected chi connectivity index (χ2v) is 6.90. The van der Waals surface area contributed by atoms with Crippen LogP contribution in [0, 0.1) is 5.92 Å². The number of rotatable bonds is 5. The van der Waals surface area contributed by atoms with Crippen molar-refractivity contribution in [3.05, 3.63) is 18.2 Å². The predicted molar refractivity (Wildman–Crippen MR) is 93.7 cm³/mol. The largest absolute Gasteiger partial charge is 0.424 e. The molecule has 26 heavy (non-hydrogen) atoms. The van der Waals surface area contributed by atoms with Crippen LogP contribution in [0.1, 0.15) is 38.9 Å². The summed E-state index contributed by atoms with van der Waals surface area (Å²) in [6.07, 6.45) is -0.615. The van der Waals surface area contributed by atoms with Crippen molar-refractivity contribution in [3.63, 3.8) is 0 Å². The van der Waals surface area contributed by atoms with Gasteiger partial charge in [-0.25, -0.2) is 4.98 Å². The van der Waals surface area contributed by atoms with E-state index in [0.717, 1.165) is 25.9 Å². The molecular weight excluding hydrogens is 347 g/mol. The molecule has 1 aliphatic rings. The summed E-state index contributed by atoms with van der Waals surface area (Å²) in [5, 5.41) is 13.5. The van der Waals surface area contributed by atoms with Crippen LogP contribution in [0.3, 0.4) is 0 Å². The third kappa shape index (κ3) is 4.49. The van der Waals surface area contributed by atoms with E-state index in [9.17, 15) is 18.3 Å². The average Bonchev–Trinajstić information content (AvgIpc) is 2.99. The fraction of sp³-hybridized carbons (Fsp3) is 0.765. The Kier molecular flexibility index (Phi) is 6.54. The van der Waals surface area contributed by atoms with E-state index in [1.165, 1.54) is 24.0 Å². The monoisotopic (exact) mass is 375 g/mol. The lowest BCUT2D eigenvalue weighted by Gasteiger charge is -2.34. The first-order valence-electron chi connectivity index (χ1n) is 8.99. The summed E-state index contributed by atoms with van der Waals surface area (Å²) >= 11 is 0. The van der Waals surface area contributed by atoms with Gasteiger partial charge in [-0.3, -0.25) is 4.99 Å². The minimum Gasteiger partial charge on any atom is -0.374 e. The molecule has 0 saturated carbocycles. The topological polar surface area (TPSA) is 65.7 Å². The van der Waals surface area contributed by atoms with Crippen LogP contribution in [-0.4, -0.2) is 57.9 Å². The molecule has 1 saturated heterocycles. The van der Waals surface area contributed by atoms with Gasteiger partial charge in [0.05, 0.1) is 0 Å². The van der Waals surface area contributed by atoms with Crippen molar-refractivity contribution in [2.75, 3.05) is 26.2 Å². The molecule has 0 amide bonds. The second-order valence-electron chi connectivity index (χ2n) is 6.90. The number of piperidine rings is 1. The van der Waals surface area contributed by atoms with E-state index in [0.29, 0.717) is 18.4 Å². The number of imidazole rings is 1. The number of aromatic nitrogens is 2. The van der Waals surface area contributed by atoms with Gasteiger partial charge in [-0.15, -0.1) is 0 Å². The Balaban J connectivity index is 2.16. The molecule has 9 heteroatoms. The van der Waals surface area contributed by atoms with Crippen molar-refractivity contribution in [2.45, 2.75) is 44.9 Å². The smallest absolute Gasteiger partial charge is 0.374 e. The maximum Gasteiger partial charge on any atom is 0.424 e. The van der Waals surface area contributed by atoms with Crippen molar-refractivity contribution in [2.24, 2.45) is 18.0 Å². The summed E-state index contributed by atoms with van der Waals surface area (Å²) in [4.78, 5) is 10.1. The average molecular weight is 375 g/mol. The quantitative estimate of drug-likeness (QED) is 0.612. The van der Waals surface area contributed by atoms with Gasteiger partial charge in [0.15, 0.2) is 5.96 Å². The Bertz CT molecular complexity index is 616. The van der Waals surface area contributed by atoms with Crippen LogP contribution < -0.4 is 5.32 Å². The number of aliphatic imine (C=N–C) groups is 1. The summed E-state index contributed by atoms with van der Waals surface area (Å²) in [6.45, 7) is 6.21. The van der Waals surface area contributed by atoms with Crippen LogP contribution in [0.4, 0.5) is 13.2 Å². The zero-order valence-corrected chi connectivity index (χ0v) is 15.6. The van der Waals surface area contributed by atoms with Crippen LogP contribution in [0.2, 0.25) is 0 Å².